The van der Waals surface area contributed by atoms with Crippen molar-refractivity contribution in [2.24, 2.45) is 0 Å². The first kappa shape index (κ1) is 16.2. The minimum atomic E-state index is 0.0190. The maximum Gasteiger partial charge on any atom is 0.289 e. The second kappa shape index (κ2) is 7.73. The summed E-state index contributed by atoms with van der Waals surface area (Å²) in [6.07, 6.45) is 7.57. The molecule has 1 heterocycles. The summed E-state index contributed by atoms with van der Waals surface area (Å²) in [6.45, 7) is 0. The van der Waals surface area contributed by atoms with Crippen molar-refractivity contribution in [2.45, 2.75) is 48.8 Å². The van der Waals surface area contributed by atoms with Crippen molar-refractivity contribution in [3.8, 4) is 0 Å². The largest absolute Gasteiger partial charge is 0.459 e. The predicted octanol–water partition coefficient (Wildman–Crippen LogP) is 4.98. The fraction of sp³-hybridized carbons (Fsp3) is 0.421. The van der Waals surface area contributed by atoms with E-state index in [2.05, 4.69) is 12.1 Å². The third kappa shape index (κ3) is 3.99. The first-order valence-electron chi connectivity index (χ1n) is 8.27. The molecule has 1 aliphatic rings. The average molecular weight is 329 g/mol. The number of rotatable bonds is 5. The summed E-state index contributed by atoms with van der Waals surface area (Å²) >= 11 is 1.73. The normalized spacial score (nSPS) is 15.5. The molecule has 3 rings (SSSR count). The van der Waals surface area contributed by atoms with Crippen LogP contribution in [0.15, 0.2) is 52.0 Å². The van der Waals surface area contributed by atoms with Gasteiger partial charge in [0, 0.05) is 29.3 Å². The Morgan fingerprint density at radius 3 is 2.65 bits per heavy atom. The molecule has 0 radical (unpaired) electrons. The van der Waals surface area contributed by atoms with E-state index >= 15 is 0 Å². The monoisotopic (exact) mass is 329 g/mol. The van der Waals surface area contributed by atoms with Gasteiger partial charge >= 0.3 is 0 Å². The molecule has 0 atom stereocenters. The molecule has 122 valence electrons. The summed E-state index contributed by atoms with van der Waals surface area (Å²) in [7, 11) is 1.91. The Kier molecular flexibility index (Phi) is 5.44. The lowest BCUT2D eigenvalue weighted by atomic mass is 9.94. The van der Waals surface area contributed by atoms with Crippen molar-refractivity contribution in [1.82, 2.24) is 4.90 Å². The lowest BCUT2D eigenvalue weighted by molar-refractivity contribution is 0.0663. The van der Waals surface area contributed by atoms with Crippen LogP contribution in [0.4, 0.5) is 0 Å². The molecule has 1 saturated carbocycles. The van der Waals surface area contributed by atoms with E-state index in [0.29, 0.717) is 11.8 Å². The van der Waals surface area contributed by atoms with Crippen LogP contribution >= 0.6 is 11.8 Å². The van der Waals surface area contributed by atoms with Crippen molar-refractivity contribution in [2.75, 3.05) is 7.05 Å². The summed E-state index contributed by atoms with van der Waals surface area (Å²) in [5.41, 5.74) is 0.978. The molecule has 0 aliphatic heterocycles. The van der Waals surface area contributed by atoms with Crippen molar-refractivity contribution < 1.29 is 9.21 Å². The molecule has 1 aliphatic carbocycles. The van der Waals surface area contributed by atoms with Crippen molar-refractivity contribution in [3.05, 3.63) is 54.0 Å². The Hall–Kier alpha value is -1.68. The number of amides is 1. The van der Waals surface area contributed by atoms with Gasteiger partial charge < -0.3 is 9.32 Å². The summed E-state index contributed by atoms with van der Waals surface area (Å²) in [5.74, 6) is 1.27. The number of thioether (sulfide) groups is 1. The smallest absolute Gasteiger partial charge is 0.289 e. The van der Waals surface area contributed by atoms with Crippen LogP contribution in [0.1, 0.15) is 48.2 Å². The molecule has 23 heavy (non-hydrogen) atoms. The van der Waals surface area contributed by atoms with E-state index in [0.717, 1.165) is 24.2 Å². The van der Waals surface area contributed by atoms with Crippen LogP contribution in [0.3, 0.4) is 0 Å². The highest BCUT2D eigenvalue weighted by Crippen LogP contribution is 2.27. The Morgan fingerprint density at radius 2 is 1.91 bits per heavy atom. The van der Waals surface area contributed by atoms with E-state index in [1.807, 2.05) is 36.2 Å². The van der Waals surface area contributed by atoms with Crippen LogP contribution < -0.4 is 0 Å². The summed E-state index contributed by atoms with van der Waals surface area (Å²) in [4.78, 5) is 15.8. The van der Waals surface area contributed by atoms with Gasteiger partial charge in [-0.1, -0.05) is 37.5 Å². The third-order valence-electron chi connectivity index (χ3n) is 4.52. The van der Waals surface area contributed by atoms with E-state index in [-0.39, 0.29) is 5.91 Å². The van der Waals surface area contributed by atoms with Gasteiger partial charge in [-0.15, -0.1) is 11.8 Å². The van der Waals surface area contributed by atoms with Gasteiger partial charge in [-0.2, -0.15) is 0 Å². The van der Waals surface area contributed by atoms with Crippen molar-refractivity contribution >= 4 is 17.7 Å². The standard InChI is InChI=1S/C19H23NO2S/c1-20(16-8-4-2-5-9-16)19(21)18-15(12-13-22-18)14-23-17-10-6-3-7-11-17/h3,6-7,10-13,16H,2,4-5,8-9,14H2,1H3. The molecular formula is C19H23NO2S. The predicted molar refractivity (Wildman–Crippen MR) is 93.7 cm³/mol. The number of benzene rings is 1. The number of nitrogens with zero attached hydrogens (tertiary/aromatic N) is 1. The minimum Gasteiger partial charge on any atom is -0.459 e. The average Bonchev–Trinajstić information content (AvgIpc) is 3.09. The number of carbonyl (C=O) groups is 1. The van der Waals surface area contributed by atoms with Gasteiger partial charge in [-0.3, -0.25) is 4.79 Å². The van der Waals surface area contributed by atoms with Crippen LogP contribution in [0.25, 0.3) is 0 Å². The Bertz CT molecular complexity index is 632. The molecule has 0 N–H and O–H groups in total. The first-order chi connectivity index (χ1) is 11.3. The summed E-state index contributed by atoms with van der Waals surface area (Å²) in [5, 5.41) is 0. The maximum atomic E-state index is 12.8. The van der Waals surface area contributed by atoms with Crippen LogP contribution in [-0.4, -0.2) is 23.9 Å². The second-order valence-electron chi connectivity index (χ2n) is 6.08. The minimum absolute atomic E-state index is 0.0190. The van der Waals surface area contributed by atoms with Crippen LogP contribution in [0.2, 0.25) is 0 Å². The summed E-state index contributed by atoms with van der Waals surface area (Å²) < 4.78 is 5.52. The zero-order chi connectivity index (χ0) is 16.1. The lowest BCUT2D eigenvalue weighted by Gasteiger charge is -2.30. The number of hydrogen-bond donors (Lipinski definition) is 0. The highest BCUT2D eigenvalue weighted by Gasteiger charge is 2.26. The SMILES string of the molecule is CN(C(=O)c1occc1CSc1ccccc1)C1CCCCC1. The second-order valence-corrected chi connectivity index (χ2v) is 7.13. The molecule has 3 nitrogen and oxygen atoms in total. The highest BCUT2D eigenvalue weighted by atomic mass is 32.2. The zero-order valence-electron chi connectivity index (χ0n) is 13.5. The van der Waals surface area contributed by atoms with Crippen LogP contribution in [0, 0.1) is 0 Å². The fourth-order valence-electron chi connectivity index (χ4n) is 3.11. The van der Waals surface area contributed by atoms with Gasteiger partial charge in [0.25, 0.3) is 5.91 Å². The van der Waals surface area contributed by atoms with E-state index in [1.165, 1.54) is 24.2 Å². The van der Waals surface area contributed by atoms with Crippen molar-refractivity contribution in [3.63, 3.8) is 0 Å². The van der Waals surface area contributed by atoms with Crippen LogP contribution in [-0.2, 0) is 5.75 Å². The quantitative estimate of drug-likeness (QED) is 0.726. The molecule has 0 saturated heterocycles. The van der Waals surface area contributed by atoms with E-state index in [4.69, 9.17) is 4.42 Å². The number of carbonyl (C=O) groups excluding carboxylic acids is 1. The van der Waals surface area contributed by atoms with Gasteiger partial charge in [-0.25, -0.2) is 0 Å². The molecule has 0 unspecified atom stereocenters. The van der Waals surface area contributed by atoms with E-state index in [1.54, 1.807) is 18.0 Å². The topological polar surface area (TPSA) is 33.5 Å². The van der Waals surface area contributed by atoms with Crippen LogP contribution in [0.5, 0.6) is 0 Å². The van der Waals surface area contributed by atoms with Gasteiger partial charge in [-0.05, 0) is 31.0 Å². The molecule has 0 bridgehead atoms. The number of furan rings is 1. The molecule has 0 spiro atoms. The third-order valence-corrected chi connectivity index (χ3v) is 5.58. The van der Waals surface area contributed by atoms with Gasteiger partial charge in [0.15, 0.2) is 5.76 Å². The molecule has 4 heteroatoms. The molecule has 1 aromatic heterocycles. The first-order valence-corrected chi connectivity index (χ1v) is 9.25. The van der Waals surface area contributed by atoms with Crippen molar-refractivity contribution in [1.29, 1.82) is 0 Å². The Morgan fingerprint density at radius 1 is 1.17 bits per heavy atom. The summed E-state index contributed by atoms with van der Waals surface area (Å²) in [6, 6.07) is 12.5. The van der Waals surface area contributed by atoms with Gasteiger partial charge in [0.2, 0.25) is 0 Å². The fourth-order valence-corrected chi connectivity index (χ4v) is 4.01. The molecular weight excluding hydrogens is 306 g/mol. The Labute approximate surface area is 142 Å². The lowest BCUT2D eigenvalue weighted by Crippen LogP contribution is -2.38. The van der Waals surface area contributed by atoms with Gasteiger partial charge in [0.1, 0.15) is 0 Å². The van der Waals surface area contributed by atoms with E-state index in [9.17, 15) is 4.79 Å². The molecule has 1 fully saturated rings. The van der Waals surface area contributed by atoms with E-state index < -0.39 is 0 Å². The molecule has 2 aromatic rings. The number of hydrogen-bond acceptors (Lipinski definition) is 3. The Balaban J connectivity index is 1.66. The molecule has 1 amide bonds. The highest BCUT2D eigenvalue weighted by molar-refractivity contribution is 7.98. The zero-order valence-corrected chi connectivity index (χ0v) is 14.3. The maximum absolute atomic E-state index is 12.8. The van der Waals surface area contributed by atoms with Gasteiger partial charge in [0.05, 0.1) is 6.26 Å². The molecule has 1 aromatic carbocycles.